The third-order valence-electron chi connectivity index (χ3n) is 3.51. The molecule has 0 saturated carbocycles. The first kappa shape index (κ1) is 12.0. The first-order valence-corrected chi connectivity index (χ1v) is 6.81. The summed E-state index contributed by atoms with van der Waals surface area (Å²) >= 11 is 0. The number of aryl methyl sites for hydroxylation is 1. The van der Waals surface area contributed by atoms with Gasteiger partial charge in [-0.25, -0.2) is 0 Å². The van der Waals surface area contributed by atoms with Gasteiger partial charge >= 0.3 is 0 Å². The number of benzene rings is 2. The molecule has 0 saturated heterocycles. The quantitative estimate of drug-likeness (QED) is 0.760. The lowest BCUT2D eigenvalue weighted by Crippen LogP contribution is -2.02. The van der Waals surface area contributed by atoms with E-state index >= 15 is 0 Å². The zero-order valence-corrected chi connectivity index (χ0v) is 11.2. The minimum Gasteiger partial charge on any atom is -0.489 e. The highest BCUT2D eigenvalue weighted by Crippen LogP contribution is 2.26. The molecule has 0 heterocycles. The van der Waals surface area contributed by atoms with Crippen molar-refractivity contribution in [2.75, 3.05) is 6.61 Å². The molecule has 0 bridgehead atoms. The van der Waals surface area contributed by atoms with Crippen LogP contribution in [0, 0.1) is 6.92 Å². The number of ether oxygens (including phenoxy) is 1. The van der Waals surface area contributed by atoms with Crippen molar-refractivity contribution in [2.45, 2.75) is 19.8 Å². The lowest BCUT2D eigenvalue weighted by Gasteiger charge is -2.12. The van der Waals surface area contributed by atoms with Gasteiger partial charge in [0.15, 0.2) is 0 Å². The maximum absolute atomic E-state index is 5.96. The lowest BCUT2D eigenvalue weighted by atomic mass is 10.1. The molecule has 3 rings (SSSR count). The predicted molar refractivity (Wildman–Crippen MR) is 80.6 cm³/mol. The van der Waals surface area contributed by atoms with Crippen molar-refractivity contribution in [2.24, 2.45) is 0 Å². The molecule has 0 fully saturated rings. The molecule has 2 aromatic rings. The van der Waals surface area contributed by atoms with E-state index in [0.717, 1.165) is 18.6 Å². The fourth-order valence-corrected chi connectivity index (χ4v) is 2.42. The summed E-state index contributed by atoms with van der Waals surface area (Å²) in [6, 6.07) is 12.7. The Bertz CT molecular complexity index is 650. The first-order valence-electron chi connectivity index (χ1n) is 6.81. The van der Waals surface area contributed by atoms with Crippen LogP contribution in [0.4, 0.5) is 0 Å². The van der Waals surface area contributed by atoms with E-state index in [4.69, 9.17) is 4.74 Å². The number of fused-ring (bicyclic) bond motifs is 1. The zero-order chi connectivity index (χ0) is 13.1. The summed E-state index contributed by atoms with van der Waals surface area (Å²) in [5.74, 6) is 0.985. The highest BCUT2D eigenvalue weighted by atomic mass is 16.5. The van der Waals surface area contributed by atoms with Crippen molar-refractivity contribution in [3.63, 3.8) is 0 Å². The lowest BCUT2D eigenvalue weighted by molar-refractivity contribution is 0.353. The van der Waals surface area contributed by atoms with Crippen molar-refractivity contribution in [3.05, 3.63) is 65.8 Å². The van der Waals surface area contributed by atoms with Gasteiger partial charge in [-0.05, 0) is 53.8 Å². The van der Waals surface area contributed by atoms with Crippen LogP contribution in [-0.2, 0) is 0 Å². The Balaban J connectivity index is 1.82. The van der Waals surface area contributed by atoms with E-state index in [1.807, 2.05) is 0 Å². The van der Waals surface area contributed by atoms with Crippen molar-refractivity contribution >= 4 is 10.8 Å². The topological polar surface area (TPSA) is 9.23 Å². The molecule has 0 amide bonds. The van der Waals surface area contributed by atoms with Gasteiger partial charge in [-0.1, -0.05) is 42.5 Å². The molecule has 0 atom stereocenters. The molecule has 0 spiro atoms. The molecule has 19 heavy (non-hydrogen) atoms. The van der Waals surface area contributed by atoms with Crippen LogP contribution in [0.5, 0.6) is 5.75 Å². The molecule has 0 radical (unpaired) electrons. The van der Waals surface area contributed by atoms with E-state index in [1.54, 1.807) is 0 Å². The Morgan fingerprint density at radius 3 is 2.58 bits per heavy atom. The molecule has 0 aliphatic heterocycles. The van der Waals surface area contributed by atoms with Crippen LogP contribution in [0.25, 0.3) is 10.8 Å². The van der Waals surface area contributed by atoms with Crippen LogP contribution >= 0.6 is 0 Å². The molecule has 0 aromatic heterocycles. The molecule has 1 aliphatic rings. The molecular weight excluding hydrogens is 232 g/mol. The Morgan fingerprint density at radius 2 is 1.84 bits per heavy atom. The zero-order valence-electron chi connectivity index (χ0n) is 11.2. The summed E-state index contributed by atoms with van der Waals surface area (Å²) in [6.45, 7) is 2.77. The molecule has 1 nitrogen and oxygen atoms in total. The minimum atomic E-state index is 0.662. The Morgan fingerprint density at radius 1 is 1.05 bits per heavy atom. The van der Waals surface area contributed by atoms with E-state index in [9.17, 15) is 0 Å². The smallest absolute Gasteiger partial charge is 0.123 e. The summed E-state index contributed by atoms with van der Waals surface area (Å²) < 4.78 is 5.96. The van der Waals surface area contributed by atoms with Crippen LogP contribution in [0.15, 0.2) is 60.2 Å². The van der Waals surface area contributed by atoms with Crippen LogP contribution in [0.3, 0.4) is 0 Å². The summed E-state index contributed by atoms with van der Waals surface area (Å²) in [7, 11) is 0. The predicted octanol–water partition coefficient (Wildman–Crippen LogP) is 4.80. The van der Waals surface area contributed by atoms with Crippen molar-refractivity contribution < 1.29 is 4.74 Å². The Hall–Kier alpha value is -2.02. The molecule has 1 heteroatoms. The maximum atomic E-state index is 5.96. The second-order valence-corrected chi connectivity index (χ2v) is 5.01. The van der Waals surface area contributed by atoms with Gasteiger partial charge in [-0.3, -0.25) is 0 Å². The highest BCUT2D eigenvalue weighted by molar-refractivity contribution is 5.84. The fraction of sp³-hybridized carbons (Fsp3) is 0.222. The van der Waals surface area contributed by atoms with Crippen molar-refractivity contribution in [1.82, 2.24) is 0 Å². The van der Waals surface area contributed by atoms with Gasteiger partial charge in [0, 0.05) is 0 Å². The third-order valence-corrected chi connectivity index (χ3v) is 3.51. The molecule has 0 unspecified atom stereocenters. The first-order chi connectivity index (χ1) is 9.33. The van der Waals surface area contributed by atoms with Gasteiger partial charge in [0.2, 0.25) is 0 Å². The third kappa shape index (κ3) is 2.70. The average Bonchev–Trinajstić information content (AvgIpc) is 2.46. The van der Waals surface area contributed by atoms with Gasteiger partial charge in [-0.15, -0.1) is 0 Å². The second kappa shape index (κ2) is 5.31. The van der Waals surface area contributed by atoms with Crippen LogP contribution < -0.4 is 4.74 Å². The van der Waals surface area contributed by atoms with Crippen molar-refractivity contribution in [3.8, 4) is 5.75 Å². The molecule has 2 aromatic carbocycles. The normalized spacial score (nSPS) is 14.5. The number of hydrogen-bond acceptors (Lipinski definition) is 1. The summed E-state index contributed by atoms with van der Waals surface area (Å²) in [5, 5.41) is 2.50. The molecule has 1 aliphatic carbocycles. The summed E-state index contributed by atoms with van der Waals surface area (Å²) in [6.07, 6.45) is 8.92. The molecule has 96 valence electrons. The van der Waals surface area contributed by atoms with E-state index in [2.05, 4.69) is 61.5 Å². The number of allylic oxidation sites excluding steroid dienone is 2. The monoisotopic (exact) mass is 250 g/mol. The van der Waals surface area contributed by atoms with E-state index in [-0.39, 0.29) is 0 Å². The standard InChI is InChI=1S/C18H18O/c1-14-11-16-9-5-6-10-17(16)12-18(14)19-13-15-7-3-2-4-8-15/h3,5-12H,2,4,13H2,1H3. The maximum Gasteiger partial charge on any atom is 0.123 e. The summed E-state index contributed by atoms with van der Waals surface area (Å²) in [5.41, 5.74) is 2.47. The SMILES string of the molecule is Cc1cc2ccccc2cc1OCC1=CCCC=C1. The second-order valence-electron chi connectivity index (χ2n) is 5.01. The summed E-state index contributed by atoms with van der Waals surface area (Å²) in [4.78, 5) is 0. The Labute approximate surface area is 114 Å². The van der Waals surface area contributed by atoms with Crippen LogP contribution in [0.2, 0.25) is 0 Å². The van der Waals surface area contributed by atoms with Crippen molar-refractivity contribution in [1.29, 1.82) is 0 Å². The molecular formula is C18H18O. The molecule has 0 N–H and O–H groups in total. The van der Waals surface area contributed by atoms with Crippen LogP contribution in [-0.4, -0.2) is 6.61 Å². The minimum absolute atomic E-state index is 0.662. The van der Waals surface area contributed by atoms with Gasteiger partial charge in [0.25, 0.3) is 0 Å². The van der Waals surface area contributed by atoms with E-state index < -0.39 is 0 Å². The van der Waals surface area contributed by atoms with E-state index in [0.29, 0.717) is 6.61 Å². The van der Waals surface area contributed by atoms with E-state index in [1.165, 1.54) is 21.9 Å². The number of rotatable bonds is 3. The van der Waals surface area contributed by atoms with Gasteiger partial charge in [0.05, 0.1) is 0 Å². The average molecular weight is 250 g/mol. The van der Waals surface area contributed by atoms with Gasteiger partial charge < -0.3 is 4.74 Å². The highest BCUT2D eigenvalue weighted by Gasteiger charge is 2.04. The van der Waals surface area contributed by atoms with Gasteiger partial charge in [-0.2, -0.15) is 0 Å². The largest absolute Gasteiger partial charge is 0.489 e. The number of hydrogen-bond donors (Lipinski definition) is 0. The fourth-order valence-electron chi connectivity index (χ4n) is 2.42. The van der Waals surface area contributed by atoms with Crippen LogP contribution in [0.1, 0.15) is 18.4 Å². The Kier molecular flexibility index (Phi) is 3.37. The van der Waals surface area contributed by atoms with Gasteiger partial charge in [0.1, 0.15) is 12.4 Å².